The molecule has 0 radical (unpaired) electrons. The van der Waals surface area contributed by atoms with Gasteiger partial charge in [-0.2, -0.15) is 5.10 Å². The number of halogens is 1. The van der Waals surface area contributed by atoms with Crippen LogP contribution < -0.4 is 4.74 Å². The lowest BCUT2D eigenvalue weighted by atomic mass is 9.98. The molecule has 5 heteroatoms. The van der Waals surface area contributed by atoms with Gasteiger partial charge in [-0.05, 0) is 29.6 Å². The van der Waals surface area contributed by atoms with Crippen molar-refractivity contribution in [2.75, 3.05) is 0 Å². The van der Waals surface area contributed by atoms with Crippen molar-refractivity contribution in [2.45, 2.75) is 18.7 Å². The first-order valence-corrected chi connectivity index (χ1v) is 9.46. The van der Waals surface area contributed by atoms with Gasteiger partial charge in [0.05, 0.1) is 16.6 Å². The summed E-state index contributed by atoms with van der Waals surface area (Å²) in [7, 11) is 0. The number of benzene rings is 2. The highest BCUT2D eigenvalue weighted by Crippen LogP contribution is 2.47. The molecular weight excluding hydrogens is 352 g/mol. The summed E-state index contributed by atoms with van der Waals surface area (Å²) < 4.78 is 6.32. The highest BCUT2D eigenvalue weighted by atomic mass is 35.5. The quantitative estimate of drug-likeness (QED) is 0.586. The van der Waals surface area contributed by atoms with Gasteiger partial charge >= 0.3 is 0 Å². The van der Waals surface area contributed by atoms with Crippen molar-refractivity contribution in [1.29, 1.82) is 0 Å². The van der Waals surface area contributed by atoms with Crippen LogP contribution in [0.1, 0.15) is 34.7 Å². The molecule has 2 aromatic carbocycles. The number of fused-ring (bicyclic) bond motifs is 3. The van der Waals surface area contributed by atoms with Gasteiger partial charge in [0.1, 0.15) is 5.75 Å². The summed E-state index contributed by atoms with van der Waals surface area (Å²) in [6, 6.07) is 20.5. The van der Waals surface area contributed by atoms with E-state index in [9.17, 15) is 0 Å². The molecule has 1 aromatic heterocycles. The Kier molecular flexibility index (Phi) is 3.54. The Labute approximate surface area is 155 Å². The zero-order valence-corrected chi connectivity index (χ0v) is 14.9. The number of thiophene rings is 1. The molecule has 3 aromatic rings. The van der Waals surface area contributed by atoms with E-state index in [1.165, 1.54) is 10.4 Å². The van der Waals surface area contributed by atoms with Crippen LogP contribution in [-0.2, 0) is 0 Å². The maximum atomic E-state index is 6.32. The summed E-state index contributed by atoms with van der Waals surface area (Å²) in [4.78, 5) is 1.22. The van der Waals surface area contributed by atoms with Gasteiger partial charge in [-0.3, -0.25) is 0 Å². The van der Waals surface area contributed by atoms with E-state index in [4.69, 9.17) is 21.4 Å². The number of rotatable bonds is 2. The van der Waals surface area contributed by atoms with Gasteiger partial charge in [0.2, 0.25) is 6.23 Å². The molecule has 0 saturated heterocycles. The Bertz CT molecular complexity index is 937. The van der Waals surface area contributed by atoms with Crippen molar-refractivity contribution in [1.82, 2.24) is 5.01 Å². The maximum absolute atomic E-state index is 6.32. The molecule has 124 valence electrons. The summed E-state index contributed by atoms with van der Waals surface area (Å²) in [6.45, 7) is 0. The van der Waals surface area contributed by atoms with Crippen LogP contribution in [0.3, 0.4) is 0 Å². The molecule has 0 fully saturated rings. The smallest absolute Gasteiger partial charge is 0.213 e. The van der Waals surface area contributed by atoms with E-state index in [0.29, 0.717) is 0 Å². The van der Waals surface area contributed by atoms with Crippen LogP contribution in [0.2, 0.25) is 5.02 Å². The van der Waals surface area contributed by atoms with Crippen LogP contribution in [0.25, 0.3) is 0 Å². The Hall–Kier alpha value is -2.30. The minimum Gasteiger partial charge on any atom is -0.464 e. The molecule has 0 bridgehead atoms. The molecule has 25 heavy (non-hydrogen) atoms. The topological polar surface area (TPSA) is 24.8 Å². The van der Waals surface area contributed by atoms with Crippen LogP contribution >= 0.6 is 22.9 Å². The van der Waals surface area contributed by atoms with Gasteiger partial charge in [0, 0.05) is 22.6 Å². The highest BCUT2D eigenvalue weighted by Gasteiger charge is 2.40. The molecule has 0 saturated carbocycles. The van der Waals surface area contributed by atoms with Crippen LogP contribution in [0.15, 0.2) is 71.1 Å². The molecule has 3 heterocycles. The Morgan fingerprint density at radius 2 is 1.88 bits per heavy atom. The normalized spacial score (nSPS) is 21.3. The van der Waals surface area contributed by atoms with E-state index in [1.807, 2.05) is 36.4 Å². The van der Waals surface area contributed by atoms with Crippen LogP contribution in [0.5, 0.6) is 5.75 Å². The Balaban J connectivity index is 1.60. The van der Waals surface area contributed by atoms with E-state index in [2.05, 4.69) is 34.7 Å². The predicted octanol–water partition coefficient (Wildman–Crippen LogP) is 5.64. The number of hydrogen-bond donors (Lipinski definition) is 0. The fourth-order valence-corrected chi connectivity index (χ4v) is 4.32. The molecule has 2 atom stereocenters. The van der Waals surface area contributed by atoms with Crippen molar-refractivity contribution in [3.63, 3.8) is 0 Å². The molecule has 0 spiro atoms. The molecule has 3 nitrogen and oxygen atoms in total. The summed E-state index contributed by atoms with van der Waals surface area (Å²) in [6.07, 6.45) is 0.653. The molecule has 0 N–H and O–H groups in total. The third-order valence-electron chi connectivity index (χ3n) is 4.66. The van der Waals surface area contributed by atoms with Crippen LogP contribution in [0, 0.1) is 0 Å². The zero-order valence-electron chi connectivity index (χ0n) is 13.3. The Morgan fingerprint density at radius 1 is 1.04 bits per heavy atom. The third-order valence-corrected chi connectivity index (χ3v) is 5.83. The predicted molar refractivity (Wildman–Crippen MR) is 101 cm³/mol. The lowest BCUT2D eigenvalue weighted by Gasteiger charge is -2.38. The monoisotopic (exact) mass is 366 g/mol. The van der Waals surface area contributed by atoms with Gasteiger partial charge in [-0.1, -0.05) is 48.0 Å². The van der Waals surface area contributed by atoms with Crippen molar-refractivity contribution in [3.8, 4) is 5.75 Å². The SMILES string of the molecule is Clc1ccc([C@H]2Oc3ccccc3[C@@H]3CC(c4cccs4)=NN23)cc1. The van der Waals surface area contributed by atoms with Crippen molar-refractivity contribution >= 4 is 28.6 Å². The highest BCUT2D eigenvalue weighted by molar-refractivity contribution is 7.12. The van der Waals surface area contributed by atoms with Gasteiger partial charge in [-0.25, -0.2) is 5.01 Å². The molecule has 5 rings (SSSR count). The van der Waals surface area contributed by atoms with Gasteiger partial charge < -0.3 is 4.74 Å². The van der Waals surface area contributed by atoms with E-state index < -0.39 is 0 Å². The maximum Gasteiger partial charge on any atom is 0.213 e. The second-order valence-electron chi connectivity index (χ2n) is 6.18. The summed E-state index contributed by atoms with van der Waals surface area (Å²) in [5.41, 5.74) is 3.38. The number of para-hydroxylation sites is 1. The van der Waals surface area contributed by atoms with Crippen LogP contribution in [0.4, 0.5) is 0 Å². The molecular formula is C20H15ClN2OS. The van der Waals surface area contributed by atoms with Gasteiger partial charge in [-0.15, -0.1) is 11.3 Å². The van der Waals surface area contributed by atoms with Crippen molar-refractivity contribution < 1.29 is 4.74 Å². The fourth-order valence-electron chi connectivity index (χ4n) is 3.47. The largest absolute Gasteiger partial charge is 0.464 e. The van der Waals surface area contributed by atoms with E-state index in [-0.39, 0.29) is 12.3 Å². The molecule has 0 amide bonds. The molecule has 0 aliphatic carbocycles. The molecule has 0 unspecified atom stereocenters. The van der Waals surface area contributed by atoms with E-state index in [1.54, 1.807) is 11.3 Å². The van der Waals surface area contributed by atoms with E-state index in [0.717, 1.165) is 28.5 Å². The average Bonchev–Trinajstić information content (AvgIpc) is 3.31. The molecule has 2 aliphatic rings. The average molecular weight is 367 g/mol. The number of hydrazone groups is 1. The standard InChI is InChI=1S/C20H15ClN2OS/c21-14-9-7-13(8-10-14)20-23-17(15-4-1-2-5-18(15)24-20)12-16(22-23)19-6-3-11-25-19/h1-11,17,20H,12H2/t17-,20+/m0/s1. The lowest BCUT2D eigenvalue weighted by Crippen LogP contribution is -2.33. The van der Waals surface area contributed by atoms with Crippen molar-refractivity contribution in [3.05, 3.63) is 87.1 Å². The Morgan fingerprint density at radius 3 is 2.68 bits per heavy atom. The minimum absolute atomic E-state index is 0.197. The first-order valence-electron chi connectivity index (χ1n) is 8.20. The third kappa shape index (κ3) is 2.53. The summed E-state index contributed by atoms with van der Waals surface area (Å²) in [5, 5.41) is 9.85. The van der Waals surface area contributed by atoms with E-state index >= 15 is 0 Å². The molecule has 2 aliphatic heterocycles. The van der Waals surface area contributed by atoms with Crippen molar-refractivity contribution in [2.24, 2.45) is 5.10 Å². The number of ether oxygens (including phenoxy) is 1. The number of nitrogens with zero attached hydrogens (tertiary/aromatic N) is 2. The number of hydrogen-bond acceptors (Lipinski definition) is 4. The minimum atomic E-state index is -0.241. The first-order chi connectivity index (χ1) is 12.3. The van der Waals surface area contributed by atoms with Crippen LogP contribution in [-0.4, -0.2) is 10.7 Å². The van der Waals surface area contributed by atoms with Gasteiger partial charge in [0.25, 0.3) is 0 Å². The second-order valence-corrected chi connectivity index (χ2v) is 7.57. The fraction of sp³-hybridized carbons (Fsp3) is 0.150. The lowest BCUT2D eigenvalue weighted by molar-refractivity contribution is -0.0190. The summed E-state index contributed by atoms with van der Waals surface area (Å²) >= 11 is 7.78. The van der Waals surface area contributed by atoms with Gasteiger partial charge in [0.15, 0.2) is 0 Å². The second kappa shape index (κ2) is 5.90. The first kappa shape index (κ1) is 15.0. The zero-order chi connectivity index (χ0) is 16.8. The summed E-state index contributed by atoms with van der Waals surface area (Å²) in [5.74, 6) is 0.936.